The number of nitrogens with zero attached hydrogens (tertiary/aromatic N) is 3. The molecule has 3 aliphatic heterocycles. The van der Waals surface area contributed by atoms with Crippen LogP contribution in [0.4, 0.5) is 9.80 Å². The van der Waals surface area contributed by atoms with Gasteiger partial charge in [-0.25, -0.2) is 13.2 Å². The van der Waals surface area contributed by atoms with Crippen LogP contribution in [0.15, 0.2) is 29.2 Å². The molecular formula is C29H38N4O6S2. The average Bonchev–Trinajstić information content (AvgIpc) is 3.34. The molecule has 1 aromatic heterocycles. The molecule has 0 bridgehead atoms. The molecule has 10 nitrogen and oxygen atoms in total. The van der Waals surface area contributed by atoms with Gasteiger partial charge < -0.3 is 19.9 Å². The lowest BCUT2D eigenvalue weighted by Gasteiger charge is -2.32. The van der Waals surface area contributed by atoms with E-state index in [9.17, 15) is 22.8 Å². The first kappa shape index (κ1) is 29.5. The molecular weight excluding hydrogens is 564 g/mol. The summed E-state index contributed by atoms with van der Waals surface area (Å²) in [6.45, 7) is 6.57. The first-order chi connectivity index (χ1) is 19.7. The van der Waals surface area contributed by atoms with Crippen LogP contribution in [-0.2, 0) is 27.7 Å². The van der Waals surface area contributed by atoms with Crippen LogP contribution in [0, 0.1) is 0 Å². The maximum Gasteiger partial charge on any atom is 0.410 e. The van der Waals surface area contributed by atoms with Crippen molar-refractivity contribution < 1.29 is 27.5 Å². The maximum atomic E-state index is 13.7. The maximum absolute atomic E-state index is 13.7. The molecule has 5 rings (SSSR count). The van der Waals surface area contributed by atoms with E-state index in [1.54, 1.807) is 16.1 Å². The summed E-state index contributed by atoms with van der Waals surface area (Å²) in [5, 5.41) is 3.40. The number of nitrogens with one attached hydrogen (secondary N) is 1. The van der Waals surface area contributed by atoms with Gasteiger partial charge in [0.15, 0.2) is 0 Å². The van der Waals surface area contributed by atoms with Crippen LogP contribution in [0.1, 0.15) is 83.5 Å². The Balaban J connectivity index is 1.39. The minimum Gasteiger partial charge on any atom is -0.450 e. The predicted molar refractivity (Wildman–Crippen MR) is 157 cm³/mol. The fourth-order valence-corrected chi connectivity index (χ4v) is 8.81. The van der Waals surface area contributed by atoms with Crippen molar-refractivity contribution in [3.05, 3.63) is 45.8 Å². The van der Waals surface area contributed by atoms with Crippen molar-refractivity contribution >= 4 is 44.3 Å². The summed E-state index contributed by atoms with van der Waals surface area (Å²) in [5.41, 5.74) is 1.67. The standard InChI is InChI=1S/C29H38N4O6S2/c1-3-39-29(36)32-18-14-23-24(19-32)40-27(25(23)28(35)31-15-6-4-7-16-31)30-26(34)21-10-12-22(13-11-21)41(37,38)33-17-8-5-9-20(33)2/h10-13,20H,3-9,14-19H2,1-2H3,(H,30,34). The first-order valence-electron chi connectivity index (χ1n) is 14.5. The third-order valence-corrected chi connectivity index (χ3v) is 11.3. The van der Waals surface area contributed by atoms with Crippen LogP contribution >= 0.6 is 11.3 Å². The van der Waals surface area contributed by atoms with E-state index in [2.05, 4.69) is 5.32 Å². The molecule has 1 unspecified atom stereocenters. The highest BCUT2D eigenvalue weighted by Gasteiger charge is 2.34. The van der Waals surface area contributed by atoms with Crippen molar-refractivity contribution in [1.29, 1.82) is 0 Å². The predicted octanol–water partition coefficient (Wildman–Crippen LogP) is 4.70. The number of benzene rings is 1. The number of sulfonamides is 1. The number of ether oxygens (including phenoxy) is 1. The Morgan fingerprint density at radius 3 is 2.37 bits per heavy atom. The van der Waals surface area contributed by atoms with Crippen molar-refractivity contribution in [1.82, 2.24) is 14.1 Å². The minimum absolute atomic E-state index is 0.0581. The second-order valence-electron chi connectivity index (χ2n) is 10.9. The molecule has 3 amide bonds. The number of piperidine rings is 2. The fraction of sp³-hybridized carbons (Fsp3) is 0.552. The van der Waals surface area contributed by atoms with E-state index in [0.717, 1.165) is 49.0 Å². The molecule has 1 atom stereocenters. The van der Waals surface area contributed by atoms with E-state index < -0.39 is 22.0 Å². The molecule has 1 N–H and O–H groups in total. The molecule has 3 aliphatic rings. The van der Waals surface area contributed by atoms with Gasteiger partial charge in [-0.15, -0.1) is 11.3 Å². The van der Waals surface area contributed by atoms with Crippen LogP contribution < -0.4 is 5.32 Å². The molecule has 0 radical (unpaired) electrons. The van der Waals surface area contributed by atoms with Gasteiger partial charge in [0.05, 0.1) is 23.6 Å². The number of hydrogen-bond acceptors (Lipinski definition) is 7. The van der Waals surface area contributed by atoms with Gasteiger partial charge in [0.1, 0.15) is 5.00 Å². The molecule has 2 saturated heterocycles. The summed E-state index contributed by atoms with van der Waals surface area (Å²) in [6.07, 6.45) is 5.77. The molecule has 2 aromatic rings. The monoisotopic (exact) mass is 602 g/mol. The Labute approximate surface area is 245 Å². The Bertz CT molecular complexity index is 1400. The van der Waals surface area contributed by atoms with Gasteiger partial charge in [-0.05, 0) is 82.2 Å². The van der Waals surface area contributed by atoms with Crippen LogP contribution in [0.3, 0.4) is 0 Å². The molecule has 41 heavy (non-hydrogen) atoms. The molecule has 12 heteroatoms. The van der Waals surface area contributed by atoms with E-state index in [0.29, 0.717) is 55.3 Å². The number of thiophene rings is 1. The zero-order chi connectivity index (χ0) is 29.1. The second-order valence-corrected chi connectivity index (χ2v) is 13.9. The van der Waals surface area contributed by atoms with Crippen LogP contribution in [-0.4, -0.2) is 79.3 Å². The SMILES string of the molecule is CCOC(=O)N1CCc2c(sc(NC(=O)c3ccc(S(=O)(=O)N4CCCCC4C)cc3)c2C(=O)N2CCCCC2)C1. The minimum atomic E-state index is -3.65. The Morgan fingerprint density at radius 1 is 0.976 bits per heavy atom. The lowest BCUT2D eigenvalue weighted by molar-refractivity contribution is 0.0724. The topological polar surface area (TPSA) is 116 Å². The largest absolute Gasteiger partial charge is 0.450 e. The fourth-order valence-electron chi connectivity index (χ4n) is 5.86. The molecule has 222 valence electrons. The zero-order valence-electron chi connectivity index (χ0n) is 23.7. The summed E-state index contributed by atoms with van der Waals surface area (Å²) < 4.78 is 33.1. The van der Waals surface area contributed by atoms with Gasteiger partial charge in [-0.3, -0.25) is 9.59 Å². The zero-order valence-corrected chi connectivity index (χ0v) is 25.3. The molecule has 0 spiro atoms. The Hall–Kier alpha value is -2.96. The summed E-state index contributed by atoms with van der Waals surface area (Å²) in [6, 6.07) is 5.92. The van der Waals surface area contributed by atoms with Crippen molar-refractivity contribution in [2.24, 2.45) is 0 Å². The van der Waals surface area contributed by atoms with Crippen molar-refractivity contribution in [3.8, 4) is 0 Å². The smallest absolute Gasteiger partial charge is 0.410 e. The third kappa shape index (κ3) is 6.14. The highest BCUT2D eigenvalue weighted by atomic mass is 32.2. The van der Waals surface area contributed by atoms with Crippen LogP contribution in [0.5, 0.6) is 0 Å². The van der Waals surface area contributed by atoms with Gasteiger partial charge in [-0.2, -0.15) is 4.31 Å². The first-order valence-corrected chi connectivity index (χ1v) is 16.7. The quantitative estimate of drug-likeness (QED) is 0.512. The number of carbonyl (C=O) groups excluding carboxylic acids is 3. The van der Waals surface area contributed by atoms with Gasteiger partial charge in [0, 0.05) is 42.7 Å². The average molecular weight is 603 g/mol. The second kappa shape index (κ2) is 12.5. The molecule has 2 fully saturated rings. The lowest BCUT2D eigenvalue weighted by Crippen LogP contribution is -2.41. The number of amides is 3. The number of anilines is 1. The summed E-state index contributed by atoms with van der Waals surface area (Å²) in [5.74, 6) is -0.520. The Kier molecular flexibility index (Phi) is 9.00. The molecule has 1 aromatic carbocycles. The van der Waals surface area contributed by atoms with Gasteiger partial charge in [-0.1, -0.05) is 6.42 Å². The van der Waals surface area contributed by atoms with Gasteiger partial charge in [0.25, 0.3) is 11.8 Å². The van der Waals surface area contributed by atoms with Crippen molar-refractivity contribution in [3.63, 3.8) is 0 Å². The Morgan fingerprint density at radius 2 is 1.68 bits per heavy atom. The number of rotatable bonds is 6. The number of likely N-dealkylation sites (tertiary alicyclic amines) is 1. The van der Waals surface area contributed by atoms with E-state index >= 15 is 0 Å². The number of hydrogen-bond donors (Lipinski definition) is 1. The highest BCUT2D eigenvalue weighted by Crippen LogP contribution is 2.39. The van der Waals surface area contributed by atoms with Gasteiger partial charge in [0.2, 0.25) is 10.0 Å². The van der Waals surface area contributed by atoms with Crippen molar-refractivity contribution in [2.45, 2.75) is 76.3 Å². The molecule has 4 heterocycles. The van der Waals surface area contributed by atoms with Crippen molar-refractivity contribution in [2.75, 3.05) is 38.1 Å². The van der Waals surface area contributed by atoms with E-state index in [1.807, 2.05) is 11.8 Å². The summed E-state index contributed by atoms with van der Waals surface area (Å²) in [4.78, 5) is 44.0. The van der Waals surface area contributed by atoms with Crippen LogP contribution in [0.2, 0.25) is 0 Å². The van der Waals surface area contributed by atoms with Crippen LogP contribution in [0.25, 0.3) is 0 Å². The number of carbonyl (C=O) groups is 3. The van der Waals surface area contributed by atoms with E-state index in [1.165, 1.54) is 35.6 Å². The van der Waals surface area contributed by atoms with E-state index in [4.69, 9.17) is 4.74 Å². The van der Waals surface area contributed by atoms with Gasteiger partial charge >= 0.3 is 6.09 Å². The highest BCUT2D eigenvalue weighted by molar-refractivity contribution is 7.89. The third-order valence-electron chi connectivity index (χ3n) is 8.13. The van der Waals surface area contributed by atoms with E-state index in [-0.39, 0.29) is 23.5 Å². The molecule has 0 saturated carbocycles. The molecule has 0 aliphatic carbocycles. The number of fused-ring (bicyclic) bond motifs is 1. The summed E-state index contributed by atoms with van der Waals surface area (Å²) >= 11 is 1.31. The normalized spacial score (nSPS) is 19.9. The summed E-state index contributed by atoms with van der Waals surface area (Å²) in [7, 11) is -3.65. The lowest BCUT2D eigenvalue weighted by atomic mass is 10.0.